The normalized spacial score (nSPS) is 12.8. The number of aryl methyl sites for hydroxylation is 2. The molecule has 0 aliphatic heterocycles. The van der Waals surface area contributed by atoms with Gasteiger partial charge in [0.15, 0.2) is 9.84 Å². The summed E-state index contributed by atoms with van der Waals surface area (Å²) in [5.74, 6) is 0.0618. The Balaban J connectivity index is 1.88. The van der Waals surface area contributed by atoms with E-state index in [1.165, 1.54) is 6.26 Å². The van der Waals surface area contributed by atoms with Crippen LogP contribution in [0.3, 0.4) is 0 Å². The third kappa shape index (κ3) is 6.01. The molecule has 1 aromatic carbocycles. The van der Waals surface area contributed by atoms with Crippen molar-refractivity contribution in [2.45, 2.75) is 33.1 Å². The van der Waals surface area contributed by atoms with E-state index in [2.05, 4.69) is 17.3 Å². The lowest BCUT2D eigenvalue weighted by Gasteiger charge is -2.14. The molecule has 7 heteroatoms. The first kappa shape index (κ1) is 19.2. The zero-order valence-electron chi connectivity index (χ0n) is 15.1. The molecule has 0 bridgehead atoms. The molecule has 0 fully saturated rings. The maximum atomic E-state index is 12.2. The number of aromatic nitrogens is 2. The molecular weight excluding hydrogens is 338 g/mol. The van der Waals surface area contributed by atoms with E-state index in [-0.39, 0.29) is 17.6 Å². The predicted molar refractivity (Wildman–Crippen MR) is 98.2 cm³/mol. The molecule has 6 nitrogen and oxygen atoms in total. The third-order valence-corrected chi connectivity index (χ3v) is 4.70. The fraction of sp³-hybridized carbons (Fsp3) is 0.444. The Labute approximate surface area is 149 Å². The first-order valence-corrected chi connectivity index (χ1v) is 10.3. The largest absolute Gasteiger partial charge is 0.352 e. The Morgan fingerprint density at radius 1 is 1.24 bits per heavy atom. The molecule has 136 valence electrons. The van der Waals surface area contributed by atoms with Crippen molar-refractivity contribution in [3.05, 3.63) is 52.8 Å². The maximum Gasteiger partial charge on any atom is 0.251 e. The molecular formula is C18H25N3O3S. The number of carbonyl (C=O) groups is 1. The highest BCUT2D eigenvalue weighted by atomic mass is 32.2. The van der Waals surface area contributed by atoms with E-state index >= 15 is 0 Å². The van der Waals surface area contributed by atoms with Crippen molar-refractivity contribution >= 4 is 15.7 Å². The van der Waals surface area contributed by atoms with Crippen LogP contribution >= 0.6 is 0 Å². The van der Waals surface area contributed by atoms with Crippen LogP contribution in [-0.4, -0.2) is 36.9 Å². The van der Waals surface area contributed by atoms with Crippen molar-refractivity contribution in [3.8, 4) is 0 Å². The van der Waals surface area contributed by atoms with Gasteiger partial charge >= 0.3 is 0 Å². The van der Waals surface area contributed by atoms with Gasteiger partial charge in [0.1, 0.15) is 0 Å². The molecule has 1 aromatic heterocycles. The van der Waals surface area contributed by atoms with Gasteiger partial charge in [-0.3, -0.25) is 9.48 Å². The summed E-state index contributed by atoms with van der Waals surface area (Å²) in [7, 11) is -3.07. The lowest BCUT2D eigenvalue weighted by Crippen LogP contribution is -2.30. The minimum atomic E-state index is -3.07. The molecule has 2 aromatic rings. The molecule has 1 atom stereocenters. The van der Waals surface area contributed by atoms with Crippen molar-refractivity contribution in [2.75, 3.05) is 12.8 Å². The molecule has 0 aliphatic carbocycles. The number of carbonyl (C=O) groups excluding carboxylic acids is 1. The van der Waals surface area contributed by atoms with E-state index in [1.54, 1.807) is 24.3 Å². The van der Waals surface area contributed by atoms with Crippen molar-refractivity contribution in [2.24, 2.45) is 5.92 Å². The van der Waals surface area contributed by atoms with E-state index in [9.17, 15) is 13.2 Å². The van der Waals surface area contributed by atoms with Crippen LogP contribution in [0.4, 0.5) is 0 Å². The number of hydrogen-bond donors (Lipinski definition) is 1. The number of hydrogen-bond acceptors (Lipinski definition) is 4. The molecule has 0 spiro atoms. The maximum absolute atomic E-state index is 12.2. The van der Waals surface area contributed by atoms with Gasteiger partial charge in [0.05, 0.1) is 11.4 Å². The number of benzene rings is 1. The van der Waals surface area contributed by atoms with Crippen molar-refractivity contribution in [1.82, 2.24) is 15.1 Å². The first-order valence-electron chi connectivity index (χ1n) is 8.20. The van der Waals surface area contributed by atoms with Gasteiger partial charge in [-0.1, -0.05) is 19.1 Å². The molecule has 1 amide bonds. The average molecular weight is 363 g/mol. The fourth-order valence-electron chi connectivity index (χ4n) is 2.64. The van der Waals surface area contributed by atoms with Crippen LogP contribution in [0.1, 0.15) is 34.2 Å². The zero-order chi connectivity index (χ0) is 18.6. The number of nitrogens with one attached hydrogen (secondary N) is 1. The molecule has 25 heavy (non-hydrogen) atoms. The first-order chi connectivity index (χ1) is 11.6. The van der Waals surface area contributed by atoms with Crippen LogP contribution in [-0.2, 0) is 22.1 Å². The highest BCUT2D eigenvalue weighted by molar-refractivity contribution is 7.89. The summed E-state index contributed by atoms with van der Waals surface area (Å²) >= 11 is 0. The second kappa shape index (κ2) is 7.82. The Bertz CT molecular complexity index is 839. The summed E-state index contributed by atoms with van der Waals surface area (Å²) in [6, 6.07) is 8.69. The minimum absolute atomic E-state index is 0.0193. The second-order valence-electron chi connectivity index (χ2n) is 6.69. The molecule has 0 aliphatic rings. The number of sulfone groups is 1. The van der Waals surface area contributed by atoms with Crippen LogP contribution in [0, 0.1) is 19.8 Å². The van der Waals surface area contributed by atoms with Gasteiger partial charge in [-0.05, 0) is 43.5 Å². The van der Waals surface area contributed by atoms with Crippen molar-refractivity contribution in [3.63, 3.8) is 0 Å². The van der Waals surface area contributed by atoms with Crippen LogP contribution in [0.2, 0.25) is 0 Å². The fourth-order valence-corrected chi connectivity index (χ4v) is 3.44. The molecule has 1 N–H and O–H groups in total. The SMILES string of the molecule is Cc1cc(C)n(C[C@@H](C)CNC(=O)c2ccc(CS(C)(=O)=O)cc2)n1. The lowest BCUT2D eigenvalue weighted by atomic mass is 10.1. The van der Waals surface area contributed by atoms with E-state index in [0.717, 1.165) is 17.9 Å². The summed E-state index contributed by atoms with van der Waals surface area (Å²) in [5, 5.41) is 7.34. The van der Waals surface area contributed by atoms with Gasteiger partial charge in [-0.2, -0.15) is 5.10 Å². The van der Waals surface area contributed by atoms with Crippen molar-refractivity contribution < 1.29 is 13.2 Å². The topological polar surface area (TPSA) is 81.1 Å². The standard InChI is InChI=1S/C18H25N3O3S/c1-13(11-21-15(3)9-14(2)20-21)10-19-18(22)17-7-5-16(6-8-17)12-25(4,23)24/h5-9,13H,10-12H2,1-4H3,(H,19,22)/t13-/m0/s1. The van der Waals surface area contributed by atoms with Crippen LogP contribution in [0.15, 0.2) is 30.3 Å². The number of nitrogens with zero attached hydrogens (tertiary/aromatic N) is 2. The van der Waals surface area contributed by atoms with Gasteiger partial charge in [0, 0.05) is 30.6 Å². The third-order valence-electron chi connectivity index (χ3n) is 3.84. The van der Waals surface area contributed by atoms with E-state index in [1.807, 2.05) is 24.6 Å². The summed E-state index contributed by atoms with van der Waals surface area (Å²) in [5.41, 5.74) is 3.30. The number of rotatable bonds is 7. The van der Waals surface area contributed by atoms with Gasteiger partial charge in [-0.25, -0.2) is 8.42 Å². The van der Waals surface area contributed by atoms with E-state index in [4.69, 9.17) is 0 Å². The second-order valence-corrected chi connectivity index (χ2v) is 8.83. The summed E-state index contributed by atoms with van der Waals surface area (Å²) in [4.78, 5) is 12.2. The highest BCUT2D eigenvalue weighted by Crippen LogP contribution is 2.09. The molecule has 0 unspecified atom stereocenters. The average Bonchev–Trinajstić information content (AvgIpc) is 2.81. The highest BCUT2D eigenvalue weighted by Gasteiger charge is 2.11. The summed E-state index contributed by atoms with van der Waals surface area (Å²) < 4.78 is 24.5. The van der Waals surface area contributed by atoms with E-state index in [0.29, 0.717) is 17.7 Å². The van der Waals surface area contributed by atoms with Crippen LogP contribution < -0.4 is 5.32 Å². The quantitative estimate of drug-likeness (QED) is 0.817. The van der Waals surface area contributed by atoms with Gasteiger partial charge in [0.2, 0.25) is 0 Å². The van der Waals surface area contributed by atoms with E-state index < -0.39 is 9.84 Å². The van der Waals surface area contributed by atoms with Gasteiger partial charge in [-0.15, -0.1) is 0 Å². The summed E-state index contributed by atoms with van der Waals surface area (Å²) in [6.07, 6.45) is 1.19. The Hall–Kier alpha value is -2.15. The monoisotopic (exact) mass is 363 g/mol. The van der Waals surface area contributed by atoms with Crippen molar-refractivity contribution in [1.29, 1.82) is 0 Å². The molecule has 2 rings (SSSR count). The zero-order valence-corrected chi connectivity index (χ0v) is 15.9. The smallest absolute Gasteiger partial charge is 0.251 e. The van der Waals surface area contributed by atoms with Gasteiger partial charge in [0.25, 0.3) is 5.91 Å². The minimum Gasteiger partial charge on any atom is -0.352 e. The van der Waals surface area contributed by atoms with Gasteiger partial charge < -0.3 is 5.32 Å². The Morgan fingerprint density at radius 3 is 2.40 bits per heavy atom. The van der Waals surface area contributed by atoms with Crippen LogP contribution in [0.25, 0.3) is 0 Å². The molecule has 1 heterocycles. The Morgan fingerprint density at radius 2 is 1.88 bits per heavy atom. The molecule has 0 saturated heterocycles. The Kier molecular flexibility index (Phi) is 6.00. The summed E-state index contributed by atoms with van der Waals surface area (Å²) in [6.45, 7) is 7.33. The lowest BCUT2D eigenvalue weighted by molar-refractivity contribution is 0.0946. The number of amides is 1. The molecule has 0 radical (unpaired) electrons. The predicted octanol–water partition coefficient (Wildman–Crippen LogP) is 2.11. The van der Waals surface area contributed by atoms with Crippen LogP contribution in [0.5, 0.6) is 0 Å². The molecule has 0 saturated carbocycles.